The van der Waals surface area contributed by atoms with Crippen LogP contribution in [0.3, 0.4) is 0 Å². The second kappa shape index (κ2) is 6.66. The highest BCUT2D eigenvalue weighted by atomic mass is 19.4. The maximum Gasteiger partial charge on any atom is 0.417 e. The van der Waals surface area contributed by atoms with Crippen molar-refractivity contribution in [2.45, 2.75) is 19.6 Å². The predicted molar refractivity (Wildman–Crippen MR) is 88.4 cm³/mol. The minimum atomic E-state index is -4.56. The normalized spacial score (nSPS) is 11.6. The van der Waals surface area contributed by atoms with Crippen molar-refractivity contribution in [1.82, 2.24) is 20.3 Å². The minimum Gasteiger partial charge on any atom is -0.480 e. The molecule has 2 aromatic heterocycles. The van der Waals surface area contributed by atoms with E-state index < -0.39 is 11.7 Å². The number of aromatic amines is 1. The lowest BCUT2D eigenvalue weighted by Crippen LogP contribution is -2.18. The van der Waals surface area contributed by atoms with Crippen LogP contribution in [0.4, 0.5) is 13.2 Å². The van der Waals surface area contributed by atoms with Crippen LogP contribution >= 0.6 is 0 Å². The first-order valence-electron chi connectivity index (χ1n) is 7.61. The average Bonchev–Trinajstić information content (AvgIpc) is 3.00. The number of amides is 1. The molecule has 0 aliphatic carbocycles. The van der Waals surface area contributed by atoms with Gasteiger partial charge >= 0.3 is 6.18 Å². The summed E-state index contributed by atoms with van der Waals surface area (Å²) < 4.78 is 45.5. The van der Waals surface area contributed by atoms with Crippen molar-refractivity contribution in [3.05, 3.63) is 41.9 Å². The Hall–Kier alpha value is -3.10. The SMILES string of the molecule is COc1cnc(-c2cc3[nH]c(CNC(C)=O)cc3cc2C(F)(F)F)cn1. The van der Waals surface area contributed by atoms with Gasteiger partial charge < -0.3 is 15.0 Å². The van der Waals surface area contributed by atoms with Crippen molar-refractivity contribution < 1.29 is 22.7 Å². The summed E-state index contributed by atoms with van der Waals surface area (Å²) in [5, 5.41) is 2.99. The highest BCUT2D eigenvalue weighted by Gasteiger charge is 2.34. The van der Waals surface area contributed by atoms with Gasteiger partial charge in [-0.05, 0) is 18.2 Å². The van der Waals surface area contributed by atoms with Gasteiger partial charge in [-0.25, -0.2) is 9.97 Å². The number of benzene rings is 1. The second-order valence-corrected chi connectivity index (χ2v) is 5.63. The molecule has 3 rings (SSSR count). The first kappa shape index (κ1) is 17.7. The van der Waals surface area contributed by atoms with E-state index in [9.17, 15) is 18.0 Å². The van der Waals surface area contributed by atoms with Crippen molar-refractivity contribution in [3.63, 3.8) is 0 Å². The van der Waals surface area contributed by atoms with Gasteiger partial charge in [0.15, 0.2) is 0 Å². The Balaban J connectivity index is 2.11. The lowest BCUT2D eigenvalue weighted by atomic mass is 10.0. The molecular formula is C17H15F3N4O2. The van der Waals surface area contributed by atoms with E-state index in [1.165, 1.54) is 32.5 Å². The van der Waals surface area contributed by atoms with Gasteiger partial charge in [-0.3, -0.25) is 4.79 Å². The lowest BCUT2D eigenvalue weighted by molar-refractivity contribution is -0.137. The summed E-state index contributed by atoms with van der Waals surface area (Å²) in [6, 6.07) is 4.01. The average molecular weight is 364 g/mol. The molecular weight excluding hydrogens is 349 g/mol. The third kappa shape index (κ3) is 3.61. The number of ether oxygens (including phenoxy) is 1. The van der Waals surface area contributed by atoms with Crippen LogP contribution in [0.15, 0.2) is 30.6 Å². The molecule has 2 N–H and O–H groups in total. The van der Waals surface area contributed by atoms with Gasteiger partial charge in [0, 0.05) is 29.1 Å². The predicted octanol–water partition coefficient (Wildman–Crippen LogP) is 3.29. The smallest absolute Gasteiger partial charge is 0.417 e. The Morgan fingerprint density at radius 2 is 2.00 bits per heavy atom. The summed E-state index contributed by atoms with van der Waals surface area (Å²) in [6.07, 6.45) is -2.06. The van der Waals surface area contributed by atoms with Crippen molar-refractivity contribution in [2.24, 2.45) is 0 Å². The van der Waals surface area contributed by atoms with Crippen LogP contribution in [0.5, 0.6) is 5.88 Å². The summed E-state index contributed by atoms with van der Waals surface area (Å²) in [4.78, 5) is 21.9. The van der Waals surface area contributed by atoms with Crippen LogP contribution in [-0.4, -0.2) is 28.0 Å². The number of rotatable bonds is 4. The van der Waals surface area contributed by atoms with Crippen molar-refractivity contribution in [3.8, 4) is 17.1 Å². The summed E-state index contributed by atoms with van der Waals surface area (Å²) >= 11 is 0. The van der Waals surface area contributed by atoms with Crippen LogP contribution in [0.1, 0.15) is 18.2 Å². The summed E-state index contributed by atoms with van der Waals surface area (Å²) in [5.74, 6) is -0.0188. The van der Waals surface area contributed by atoms with E-state index in [0.717, 1.165) is 6.07 Å². The molecule has 26 heavy (non-hydrogen) atoms. The Labute approximate surface area is 146 Å². The number of fused-ring (bicyclic) bond motifs is 1. The van der Waals surface area contributed by atoms with Crippen LogP contribution in [-0.2, 0) is 17.5 Å². The molecule has 0 saturated heterocycles. The van der Waals surface area contributed by atoms with Crippen LogP contribution < -0.4 is 10.1 Å². The zero-order valence-electron chi connectivity index (χ0n) is 13.9. The number of carbonyl (C=O) groups is 1. The van der Waals surface area contributed by atoms with Gasteiger partial charge in [0.05, 0.1) is 37.3 Å². The van der Waals surface area contributed by atoms with Gasteiger partial charge in [0.25, 0.3) is 0 Å². The number of carbonyl (C=O) groups excluding carboxylic acids is 1. The van der Waals surface area contributed by atoms with Gasteiger partial charge in [-0.2, -0.15) is 13.2 Å². The third-order valence-electron chi connectivity index (χ3n) is 3.76. The molecule has 0 spiro atoms. The molecule has 0 bridgehead atoms. The zero-order valence-corrected chi connectivity index (χ0v) is 13.9. The summed E-state index contributed by atoms with van der Waals surface area (Å²) in [6.45, 7) is 1.56. The monoisotopic (exact) mass is 364 g/mol. The van der Waals surface area contributed by atoms with Gasteiger partial charge in [0.2, 0.25) is 11.8 Å². The molecule has 136 valence electrons. The summed E-state index contributed by atoms with van der Waals surface area (Å²) in [7, 11) is 1.40. The lowest BCUT2D eigenvalue weighted by Gasteiger charge is -2.13. The van der Waals surface area contributed by atoms with E-state index >= 15 is 0 Å². The molecule has 0 fully saturated rings. The van der Waals surface area contributed by atoms with Crippen molar-refractivity contribution in [1.29, 1.82) is 0 Å². The van der Waals surface area contributed by atoms with Gasteiger partial charge in [-0.15, -0.1) is 0 Å². The molecule has 9 heteroatoms. The Bertz CT molecular complexity index is 949. The number of hydrogen-bond donors (Lipinski definition) is 2. The van der Waals surface area contributed by atoms with Crippen LogP contribution in [0.25, 0.3) is 22.2 Å². The third-order valence-corrected chi connectivity index (χ3v) is 3.76. The number of H-pyrrole nitrogens is 1. The molecule has 6 nitrogen and oxygen atoms in total. The van der Waals surface area contributed by atoms with Crippen LogP contribution in [0, 0.1) is 0 Å². The molecule has 0 aliphatic heterocycles. The minimum absolute atomic E-state index is 0.0815. The van der Waals surface area contributed by atoms with E-state index in [2.05, 4.69) is 20.3 Å². The molecule has 2 heterocycles. The fourth-order valence-corrected chi connectivity index (χ4v) is 2.56. The van der Waals surface area contributed by atoms with E-state index in [0.29, 0.717) is 16.6 Å². The Morgan fingerprint density at radius 3 is 2.58 bits per heavy atom. The molecule has 3 aromatic rings. The topological polar surface area (TPSA) is 79.9 Å². The standard InChI is InChI=1S/C17H15F3N4O2/c1-9(25)21-6-11-3-10-4-13(17(18,19)20)12(5-14(10)24-11)15-7-23-16(26-2)8-22-15/h3-5,7-8,24H,6H2,1-2H3,(H,21,25). The highest BCUT2D eigenvalue weighted by Crippen LogP contribution is 2.39. The highest BCUT2D eigenvalue weighted by molar-refractivity contribution is 5.87. The fourth-order valence-electron chi connectivity index (χ4n) is 2.56. The zero-order chi connectivity index (χ0) is 18.9. The molecule has 0 atom stereocenters. The maximum atomic E-state index is 13.5. The number of hydrogen-bond acceptors (Lipinski definition) is 4. The first-order valence-corrected chi connectivity index (χ1v) is 7.61. The van der Waals surface area contributed by atoms with Crippen molar-refractivity contribution >= 4 is 16.8 Å². The van der Waals surface area contributed by atoms with E-state index in [1.807, 2.05) is 0 Å². The maximum absolute atomic E-state index is 13.5. The van der Waals surface area contributed by atoms with Gasteiger partial charge in [-0.1, -0.05) is 0 Å². The number of alkyl halides is 3. The molecule has 0 saturated carbocycles. The van der Waals surface area contributed by atoms with E-state index in [4.69, 9.17) is 4.74 Å². The molecule has 1 aromatic carbocycles. The van der Waals surface area contributed by atoms with Gasteiger partial charge in [0.1, 0.15) is 0 Å². The molecule has 0 unspecified atom stereocenters. The fraction of sp³-hybridized carbons (Fsp3) is 0.235. The van der Waals surface area contributed by atoms with Crippen molar-refractivity contribution in [2.75, 3.05) is 7.11 Å². The molecule has 1 amide bonds. The largest absolute Gasteiger partial charge is 0.480 e. The van der Waals surface area contributed by atoms with E-state index in [-0.39, 0.29) is 29.6 Å². The quantitative estimate of drug-likeness (QED) is 0.745. The number of methoxy groups -OCH3 is 1. The first-order chi connectivity index (χ1) is 12.3. The number of halogens is 3. The number of aromatic nitrogens is 3. The summed E-state index contributed by atoms with van der Waals surface area (Å²) in [5.41, 5.74) is 0.285. The van der Waals surface area contributed by atoms with Crippen LogP contribution in [0.2, 0.25) is 0 Å². The Morgan fingerprint density at radius 1 is 1.23 bits per heavy atom. The Kier molecular flexibility index (Phi) is 4.54. The molecule has 0 aliphatic rings. The molecule has 0 radical (unpaired) electrons. The second-order valence-electron chi connectivity index (χ2n) is 5.63. The number of nitrogens with one attached hydrogen (secondary N) is 2. The van der Waals surface area contributed by atoms with E-state index in [1.54, 1.807) is 6.07 Å². The number of nitrogens with zero attached hydrogens (tertiary/aromatic N) is 2.